The van der Waals surface area contributed by atoms with Crippen LogP contribution in [0, 0.1) is 23.7 Å². The molecule has 1 fully saturated rings. The van der Waals surface area contributed by atoms with Gasteiger partial charge in [0, 0.05) is 0 Å². The van der Waals surface area contributed by atoms with E-state index in [0.717, 1.165) is 0 Å². The van der Waals surface area contributed by atoms with Gasteiger partial charge in [0.05, 0.1) is 5.92 Å². The summed E-state index contributed by atoms with van der Waals surface area (Å²) < 4.78 is 44.3. The normalized spacial score (nSPS) is 22.3. The van der Waals surface area contributed by atoms with E-state index < -0.39 is 66.0 Å². The molecule has 13 heteroatoms. The molecule has 0 aromatic rings. The molecule has 0 aromatic heterocycles. The summed E-state index contributed by atoms with van der Waals surface area (Å²) in [5.41, 5.74) is 0. The molecule has 0 aliphatic carbocycles. The summed E-state index contributed by atoms with van der Waals surface area (Å²) in [6, 6.07) is 0. The van der Waals surface area contributed by atoms with Crippen LogP contribution >= 0.6 is 0 Å². The molecule has 1 heterocycles. The number of rotatable bonds is 8. The van der Waals surface area contributed by atoms with Gasteiger partial charge in [0.25, 0.3) is 0 Å². The molecular weight excluding hydrogens is 433 g/mol. The van der Waals surface area contributed by atoms with E-state index in [9.17, 15) is 37.1 Å². The lowest BCUT2D eigenvalue weighted by molar-refractivity contribution is -0.207. The zero-order chi connectivity index (χ0) is 24.7. The fourth-order valence-corrected chi connectivity index (χ4v) is 2.68. The van der Waals surface area contributed by atoms with E-state index in [1.165, 1.54) is 0 Å². The van der Waals surface area contributed by atoms with Crippen molar-refractivity contribution < 1.29 is 61.9 Å². The van der Waals surface area contributed by atoms with Gasteiger partial charge < -0.3 is 24.8 Å². The van der Waals surface area contributed by atoms with Crippen LogP contribution < -0.4 is 0 Å². The van der Waals surface area contributed by atoms with Gasteiger partial charge in [-0.2, -0.15) is 13.2 Å². The number of alkyl halides is 3. The monoisotopic (exact) mass is 458 g/mol. The van der Waals surface area contributed by atoms with Gasteiger partial charge in [0.15, 0.2) is 6.10 Å². The van der Waals surface area contributed by atoms with E-state index in [1.54, 1.807) is 27.7 Å². The lowest BCUT2D eigenvalue weighted by atomic mass is 9.87. The van der Waals surface area contributed by atoms with Gasteiger partial charge in [0.1, 0.15) is 5.92 Å². The average molecular weight is 458 g/mol. The number of aliphatic hydroxyl groups excluding tert-OH is 1. The quantitative estimate of drug-likeness (QED) is 0.357. The topological polar surface area (TPSA) is 164 Å². The van der Waals surface area contributed by atoms with Crippen LogP contribution in [0.1, 0.15) is 40.5 Å². The van der Waals surface area contributed by atoms with E-state index in [4.69, 9.17) is 15.3 Å². The number of carbonyl (C=O) groups is 5. The highest BCUT2D eigenvalue weighted by Crippen LogP contribution is 2.31. The standard InChI is InChI=1S/C10H11F3O5.C8H14O5/c1-3-4(2)5-6(8(15)18-7(5)14)17-9(16)10(11,12)13;1-3-4(2)5(7(10)11)6(9)8(12)13/h4-6H,3H2,1-2H3;4-6,9H,3H2,1-2H3,(H,10,11)(H,12,13)/t2*4-,5-,6+/m00/s1. The second kappa shape index (κ2) is 11.6. The maximum absolute atomic E-state index is 12.0. The van der Waals surface area contributed by atoms with Crippen molar-refractivity contribution in [2.45, 2.75) is 58.9 Å². The van der Waals surface area contributed by atoms with Crippen LogP contribution in [0.15, 0.2) is 0 Å². The lowest BCUT2D eigenvalue weighted by Gasteiger charge is -2.20. The molecule has 1 aliphatic rings. The molecule has 0 amide bonds. The van der Waals surface area contributed by atoms with Gasteiger partial charge in [0.2, 0.25) is 6.10 Å². The summed E-state index contributed by atoms with van der Waals surface area (Å²) in [5.74, 6) is -10.7. The Balaban J connectivity index is 0.000000615. The van der Waals surface area contributed by atoms with Gasteiger partial charge in [-0.05, 0) is 11.8 Å². The summed E-state index contributed by atoms with van der Waals surface area (Å²) in [7, 11) is 0. The first kappa shape index (κ1) is 28.3. The van der Waals surface area contributed by atoms with Crippen molar-refractivity contribution in [3.8, 4) is 0 Å². The molecule has 0 radical (unpaired) electrons. The van der Waals surface area contributed by atoms with Crippen molar-refractivity contribution in [2.24, 2.45) is 23.7 Å². The minimum atomic E-state index is -5.22. The van der Waals surface area contributed by atoms with Crippen molar-refractivity contribution in [1.29, 1.82) is 0 Å². The predicted molar refractivity (Wildman–Crippen MR) is 94.2 cm³/mol. The SMILES string of the molecule is CC[C@H](C)[C@@H]1C(=O)OC(=O)[C@@H]1OC(=O)C(F)(F)F.CC[C@H](C)[C@H](C(=O)O)[C@@H](O)C(=O)O. The molecule has 0 unspecified atom stereocenters. The number of carboxylic acids is 2. The van der Waals surface area contributed by atoms with Gasteiger partial charge >= 0.3 is 36.0 Å². The van der Waals surface area contributed by atoms with Crippen molar-refractivity contribution in [3.63, 3.8) is 0 Å². The third-order valence-corrected chi connectivity index (χ3v) is 4.89. The van der Waals surface area contributed by atoms with Crippen LogP contribution in [-0.2, 0) is 33.4 Å². The number of carboxylic acid groups (broad SMARTS) is 2. The number of hydrogen-bond acceptors (Lipinski definition) is 8. The highest BCUT2D eigenvalue weighted by atomic mass is 19.4. The van der Waals surface area contributed by atoms with E-state index in [2.05, 4.69) is 9.47 Å². The minimum Gasteiger partial charge on any atom is -0.481 e. The Morgan fingerprint density at radius 3 is 1.90 bits per heavy atom. The average Bonchev–Trinajstić information content (AvgIpc) is 2.93. The number of halogens is 3. The highest BCUT2D eigenvalue weighted by molar-refractivity contribution is 5.99. The molecule has 0 saturated carbocycles. The fraction of sp³-hybridized carbons (Fsp3) is 0.722. The van der Waals surface area contributed by atoms with Crippen LogP contribution in [0.5, 0.6) is 0 Å². The summed E-state index contributed by atoms with van der Waals surface area (Å²) in [5, 5.41) is 26.2. The Bertz CT molecular complexity index is 691. The van der Waals surface area contributed by atoms with Crippen LogP contribution in [0.3, 0.4) is 0 Å². The Morgan fingerprint density at radius 1 is 1.03 bits per heavy atom. The first-order valence-corrected chi connectivity index (χ1v) is 9.26. The first-order chi connectivity index (χ1) is 14.1. The van der Waals surface area contributed by atoms with E-state index >= 15 is 0 Å². The molecule has 0 aromatic carbocycles. The molecule has 3 N–H and O–H groups in total. The summed E-state index contributed by atoms with van der Waals surface area (Å²) in [6.45, 7) is 6.59. The van der Waals surface area contributed by atoms with E-state index in [-0.39, 0.29) is 5.92 Å². The van der Waals surface area contributed by atoms with Crippen molar-refractivity contribution in [3.05, 3.63) is 0 Å². The first-order valence-electron chi connectivity index (χ1n) is 9.26. The number of esters is 3. The van der Waals surface area contributed by atoms with Crippen molar-refractivity contribution in [1.82, 2.24) is 0 Å². The Hall–Kier alpha value is -2.70. The highest BCUT2D eigenvalue weighted by Gasteiger charge is 2.52. The number of aliphatic carboxylic acids is 2. The van der Waals surface area contributed by atoms with Gasteiger partial charge in [-0.3, -0.25) is 9.59 Å². The van der Waals surface area contributed by atoms with E-state index in [1.807, 2.05) is 0 Å². The number of aliphatic hydroxyl groups is 1. The molecule has 10 nitrogen and oxygen atoms in total. The molecular formula is C18H25F3O10. The third kappa shape index (κ3) is 7.81. The third-order valence-electron chi connectivity index (χ3n) is 4.89. The van der Waals surface area contributed by atoms with Gasteiger partial charge in [-0.1, -0.05) is 40.5 Å². The Morgan fingerprint density at radius 2 is 1.55 bits per heavy atom. The lowest BCUT2D eigenvalue weighted by Crippen LogP contribution is -2.38. The largest absolute Gasteiger partial charge is 0.490 e. The second-order valence-corrected chi connectivity index (χ2v) is 7.01. The summed E-state index contributed by atoms with van der Waals surface area (Å²) >= 11 is 0. The molecule has 178 valence electrons. The molecule has 6 atom stereocenters. The van der Waals surface area contributed by atoms with Crippen LogP contribution in [0.25, 0.3) is 0 Å². The predicted octanol–water partition coefficient (Wildman–Crippen LogP) is 1.38. The molecule has 31 heavy (non-hydrogen) atoms. The number of cyclic esters (lactones) is 2. The Labute approximate surface area is 175 Å². The maximum Gasteiger partial charge on any atom is 0.490 e. The van der Waals surface area contributed by atoms with Crippen molar-refractivity contribution in [2.75, 3.05) is 0 Å². The number of ether oxygens (including phenoxy) is 2. The zero-order valence-corrected chi connectivity index (χ0v) is 17.2. The molecule has 0 spiro atoms. The minimum absolute atomic E-state index is 0.358. The summed E-state index contributed by atoms with van der Waals surface area (Å²) in [6.07, 6.45) is -7.92. The second-order valence-electron chi connectivity index (χ2n) is 7.01. The fourth-order valence-electron chi connectivity index (χ4n) is 2.68. The smallest absolute Gasteiger partial charge is 0.481 e. The van der Waals surface area contributed by atoms with Crippen LogP contribution in [0.2, 0.25) is 0 Å². The molecule has 1 aliphatic heterocycles. The zero-order valence-electron chi connectivity index (χ0n) is 17.2. The summed E-state index contributed by atoms with van der Waals surface area (Å²) in [4.78, 5) is 54.1. The van der Waals surface area contributed by atoms with Gasteiger partial charge in [-0.25, -0.2) is 14.4 Å². The van der Waals surface area contributed by atoms with Crippen LogP contribution in [0.4, 0.5) is 13.2 Å². The van der Waals surface area contributed by atoms with Crippen molar-refractivity contribution >= 4 is 29.8 Å². The number of hydrogen-bond donors (Lipinski definition) is 3. The maximum atomic E-state index is 12.0. The molecule has 0 bridgehead atoms. The van der Waals surface area contributed by atoms with E-state index in [0.29, 0.717) is 12.8 Å². The van der Waals surface area contributed by atoms with Gasteiger partial charge in [-0.15, -0.1) is 0 Å². The molecule has 1 rings (SSSR count). The molecule has 1 saturated heterocycles. The van der Waals surface area contributed by atoms with Crippen LogP contribution in [-0.4, -0.2) is 63.6 Å². The number of carbonyl (C=O) groups excluding carboxylic acids is 3. The Kier molecular flexibility index (Phi) is 10.6.